The summed E-state index contributed by atoms with van der Waals surface area (Å²) in [7, 11) is 0. The van der Waals surface area contributed by atoms with Crippen LogP contribution in [0.4, 0.5) is 0 Å². The predicted octanol–water partition coefficient (Wildman–Crippen LogP) is 2.40. The molecule has 2 rings (SSSR count). The molecule has 0 unspecified atom stereocenters. The highest BCUT2D eigenvalue weighted by Crippen LogP contribution is 2.37. The zero-order valence-corrected chi connectivity index (χ0v) is 6.88. The van der Waals surface area contributed by atoms with Crippen molar-refractivity contribution in [2.24, 2.45) is 0 Å². The van der Waals surface area contributed by atoms with Gasteiger partial charge in [-0.05, 0) is 12.8 Å². The average Bonchev–Trinajstić information content (AvgIpc) is 1.90. The maximum Gasteiger partial charge on any atom is 0.150 e. The van der Waals surface area contributed by atoms with E-state index in [4.69, 9.17) is 11.6 Å². The molecule has 2 nitrogen and oxygen atoms in total. The molecular formula is C8H9ClN2. The van der Waals surface area contributed by atoms with Crippen LogP contribution in [0.3, 0.4) is 0 Å². The molecule has 1 aromatic rings. The fraction of sp³-hybridized carbons (Fsp3) is 0.500. The van der Waals surface area contributed by atoms with Crippen molar-refractivity contribution in [2.45, 2.75) is 25.2 Å². The molecule has 11 heavy (non-hydrogen) atoms. The zero-order chi connectivity index (χ0) is 7.68. The first-order valence-corrected chi connectivity index (χ1v) is 4.22. The topological polar surface area (TPSA) is 25.8 Å². The molecule has 1 aliphatic carbocycles. The number of rotatable bonds is 1. The van der Waals surface area contributed by atoms with Crippen LogP contribution in [0, 0.1) is 0 Å². The fourth-order valence-electron chi connectivity index (χ4n) is 1.29. The maximum atomic E-state index is 5.86. The van der Waals surface area contributed by atoms with E-state index in [9.17, 15) is 0 Å². The number of hydrogen-bond acceptors (Lipinski definition) is 2. The van der Waals surface area contributed by atoms with Gasteiger partial charge in [0.1, 0.15) is 0 Å². The Labute approximate surface area is 70.6 Å². The fourth-order valence-corrected chi connectivity index (χ4v) is 1.55. The summed E-state index contributed by atoms with van der Waals surface area (Å²) in [5.74, 6) is 0.580. The Hall–Kier alpha value is -0.630. The van der Waals surface area contributed by atoms with Gasteiger partial charge in [0.2, 0.25) is 0 Å². The summed E-state index contributed by atoms with van der Waals surface area (Å²) in [5.41, 5.74) is 0.986. The molecule has 58 valence electrons. The Balaban J connectivity index is 2.28. The molecule has 1 fully saturated rings. The molecule has 0 N–H and O–H groups in total. The Bertz CT molecular complexity index is 258. The van der Waals surface area contributed by atoms with Gasteiger partial charge in [0.05, 0.1) is 5.69 Å². The molecule has 0 bridgehead atoms. The van der Waals surface area contributed by atoms with Gasteiger partial charge in [0.15, 0.2) is 5.15 Å². The largest absolute Gasteiger partial charge is 0.256 e. The lowest BCUT2D eigenvalue weighted by Crippen LogP contribution is -2.11. The molecule has 0 radical (unpaired) electrons. The van der Waals surface area contributed by atoms with Gasteiger partial charge in [-0.25, -0.2) is 4.98 Å². The van der Waals surface area contributed by atoms with E-state index in [1.165, 1.54) is 19.3 Å². The van der Waals surface area contributed by atoms with Crippen molar-refractivity contribution < 1.29 is 0 Å². The number of aromatic nitrogens is 2. The molecule has 1 saturated carbocycles. The monoisotopic (exact) mass is 168 g/mol. The SMILES string of the molecule is Clc1nccnc1C1CCC1. The molecular weight excluding hydrogens is 160 g/mol. The Kier molecular flexibility index (Phi) is 1.78. The van der Waals surface area contributed by atoms with E-state index in [1.807, 2.05) is 0 Å². The Morgan fingerprint density at radius 2 is 2.00 bits per heavy atom. The molecule has 0 amide bonds. The third-order valence-electron chi connectivity index (χ3n) is 2.17. The van der Waals surface area contributed by atoms with E-state index in [1.54, 1.807) is 12.4 Å². The van der Waals surface area contributed by atoms with Crippen molar-refractivity contribution in [3.63, 3.8) is 0 Å². The van der Waals surface area contributed by atoms with Crippen molar-refractivity contribution >= 4 is 11.6 Å². The summed E-state index contributed by atoms with van der Waals surface area (Å²) in [5, 5.41) is 0.581. The van der Waals surface area contributed by atoms with Crippen LogP contribution >= 0.6 is 11.6 Å². The standard InChI is InChI=1S/C8H9ClN2/c9-8-7(6-2-1-3-6)10-4-5-11-8/h4-6H,1-3H2. The zero-order valence-electron chi connectivity index (χ0n) is 6.13. The van der Waals surface area contributed by atoms with Gasteiger partial charge in [0, 0.05) is 18.3 Å². The van der Waals surface area contributed by atoms with Crippen LogP contribution in [0.25, 0.3) is 0 Å². The van der Waals surface area contributed by atoms with Crippen LogP contribution in [0.5, 0.6) is 0 Å². The van der Waals surface area contributed by atoms with E-state index in [0.29, 0.717) is 11.1 Å². The van der Waals surface area contributed by atoms with E-state index in [0.717, 1.165) is 5.69 Å². The van der Waals surface area contributed by atoms with E-state index in [-0.39, 0.29) is 0 Å². The minimum atomic E-state index is 0.580. The smallest absolute Gasteiger partial charge is 0.150 e. The van der Waals surface area contributed by atoms with Crippen LogP contribution in [-0.2, 0) is 0 Å². The van der Waals surface area contributed by atoms with Crippen molar-refractivity contribution in [1.29, 1.82) is 0 Å². The number of nitrogens with zero attached hydrogens (tertiary/aromatic N) is 2. The number of hydrogen-bond donors (Lipinski definition) is 0. The lowest BCUT2D eigenvalue weighted by molar-refractivity contribution is 0.410. The van der Waals surface area contributed by atoms with E-state index >= 15 is 0 Å². The molecule has 0 saturated heterocycles. The van der Waals surface area contributed by atoms with E-state index < -0.39 is 0 Å². The summed E-state index contributed by atoms with van der Waals surface area (Å²) < 4.78 is 0. The minimum Gasteiger partial charge on any atom is -0.256 e. The van der Waals surface area contributed by atoms with Gasteiger partial charge in [-0.2, -0.15) is 0 Å². The molecule has 1 aromatic heterocycles. The first-order valence-electron chi connectivity index (χ1n) is 3.84. The molecule has 1 heterocycles. The third kappa shape index (κ3) is 1.23. The molecule has 0 aromatic carbocycles. The van der Waals surface area contributed by atoms with Gasteiger partial charge >= 0.3 is 0 Å². The first-order chi connectivity index (χ1) is 5.38. The van der Waals surface area contributed by atoms with Crippen LogP contribution in [-0.4, -0.2) is 9.97 Å². The lowest BCUT2D eigenvalue weighted by atomic mass is 9.83. The molecule has 0 atom stereocenters. The average molecular weight is 169 g/mol. The lowest BCUT2D eigenvalue weighted by Gasteiger charge is -2.24. The maximum absolute atomic E-state index is 5.86. The number of halogens is 1. The summed E-state index contributed by atoms with van der Waals surface area (Å²) >= 11 is 5.86. The second kappa shape index (κ2) is 2.78. The Morgan fingerprint density at radius 1 is 1.27 bits per heavy atom. The highest BCUT2D eigenvalue weighted by atomic mass is 35.5. The minimum absolute atomic E-state index is 0.580. The highest BCUT2D eigenvalue weighted by molar-refractivity contribution is 6.30. The van der Waals surface area contributed by atoms with Crippen molar-refractivity contribution in [3.8, 4) is 0 Å². The van der Waals surface area contributed by atoms with Gasteiger partial charge in [-0.15, -0.1) is 0 Å². The molecule has 0 aliphatic heterocycles. The summed E-state index contributed by atoms with van der Waals surface area (Å²) in [6.45, 7) is 0. The summed E-state index contributed by atoms with van der Waals surface area (Å²) in [6, 6.07) is 0. The quantitative estimate of drug-likeness (QED) is 0.644. The van der Waals surface area contributed by atoms with Gasteiger partial charge in [0.25, 0.3) is 0 Å². The molecule has 1 aliphatic rings. The van der Waals surface area contributed by atoms with Gasteiger partial charge in [-0.1, -0.05) is 18.0 Å². The second-order valence-corrected chi connectivity index (χ2v) is 3.22. The van der Waals surface area contributed by atoms with Crippen molar-refractivity contribution in [2.75, 3.05) is 0 Å². The Morgan fingerprint density at radius 3 is 2.55 bits per heavy atom. The van der Waals surface area contributed by atoms with E-state index in [2.05, 4.69) is 9.97 Å². The van der Waals surface area contributed by atoms with Gasteiger partial charge in [-0.3, -0.25) is 4.98 Å². The predicted molar refractivity (Wildman–Crippen MR) is 43.6 cm³/mol. The van der Waals surface area contributed by atoms with Crippen molar-refractivity contribution in [3.05, 3.63) is 23.2 Å². The van der Waals surface area contributed by atoms with Crippen LogP contribution < -0.4 is 0 Å². The highest BCUT2D eigenvalue weighted by Gasteiger charge is 2.23. The normalized spacial score (nSPS) is 17.9. The van der Waals surface area contributed by atoms with Gasteiger partial charge < -0.3 is 0 Å². The summed E-state index contributed by atoms with van der Waals surface area (Å²) in [6.07, 6.45) is 7.08. The van der Waals surface area contributed by atoms with Crippen LogP contribution in [0.15, 0.2) is 12.4 Å². The summed E-state index contributed by atoms with van der Waals surface area (Å²) in [4.78, 5) is 8.19. The second-order valence-electron chi connectivity index (χ2n) is 2.86. The molecule has 0 spiro atoms. The van der Waals surface area contributed by atoms with Crippen LogP contribution in [0.1, 0.15) is 30.9 Å². The van der Waals surface area contributed by atoms with Crippen molar-refractivity contribution in [1.82, 2.24) is 9.97 Å². The first kappa shape index (κ1) is 7.04. The third-order valence-corrected chi connectivity index (χ3v) is 2.46. The van der Waals surface area contributed by atoms with Crippen LogP contribution in [0.2, 0.25) is 5.15 Å². The molecule has 3 heteroatoms.